The number of halogens is 1. The number of carbonyl (C=O) groups excluding carboxylic acids is 1. The maximum Gasteiger partial charge on any atom is 0.252 e. The van der Waals surface area contributed by atoms with E-state index in [2.05, 4.69) is 5.32 Å². The Morgan fingerprint density at radius 2 is 1.79 bits per heavy atom. The molecule has 2 aromatic carbocycles. The summed E-state index contributed by atoms with van der Waals surface area (Å²) in [6.07, 6.45) is 2.54. The minimum atomic E-state index is -3.43. The number of anilines is 1. The van der Waals surface area contributed by atoms with Crippen LogP contribution in [0.2, 0.25) is 5.02 Å². The third-order valence-corrected chi connectivity index (χ3v) is 5.97. The van der Waals surface area contributed by atoms with Crippen LogP contribution >= 0.6 is 11.6 Å². The van der Waals surface area contributed by atoms with E-state index in [9.17, 15) is 13.2 Å². The molecule has 158 valence electrons. The molecular weight excluding hydrogens is 416 g/mol. The van der Waals surface area contributed by atoms with Gasteiger partial charge in [-0.3, -0.25) is 9.10 Å². The zero-order valence-electron chi connectivity index (χ0n) is 16.9. The van der Waals surface area contributed by atoms with Gasteiger partial charge in [-0.15, -0.1) is 0 Å². The monoisotopic (exact) mass is 440 g/mol. The van der Waals surface area contributed by atoms with E-state index in [1.54, 1.807) is 20.3 Å². The van der Waals surface area contributed by atoms with Crippen molar-refractivity contribution in [2.45, 2.75) is 12.8 Å². The first kappa shape index (κ1) is 22.8. The van der Waals surface area contributed by atoms with E-state index < -0.39 is 10.0 Å². The fourth-order valence-corrected chi connectivity index (χ4v) is 3.40. The van der Waals surface area contributed by atoms with Gasteiger partial charge < -0.3 is 14.8 Å². The highest BCUT2D eigenvalue weighted by Crippen LogP contribution is 2.28. The summed E-state index contributed by atoms with van der Waals surface area (Å²) in [4.78, 5) is 12.5. The molecule has 0 heterocycles. The molecule has 0 aliphatic carbocycles. The van der Waals surface area contributed by atoms with Gasteiger partial charge in [0.05, 0.1) is 36.7 Å². The predicted molar refractivity (Wildman–Crippen MR) is 115 cm³/mol. The molecule has 9 heteroatoms. The van der Waals surface area contributed by atoms with Gasteiger partial charge in [0, 0.05) is 13.6 Å². The van der Waals surface area contributed by atoms with Gasteiger partial charge in [0.2, 0.25) is 10.0 Å². The Hall–Kier alpha value is -2.45. The summed E-state index contributed by atoms with van der Waals surface area (Å²) in [5.74, 6) is 0.969. The molecule has 0 aliphatic heterocycles. The number of ether oxygens (including phenoxy) is 2. The highest BCUT2D eigenvalue weighted by molar-refractivity contribution is 7.92. The molecule has 0 saturated heterocycles. The van der Waals surface area contributed by atoms with Gasteiger partial charge in [-0.1, -0.05) is 17.7 Å². The zero-order valence-corrected chi connectivity index (χ0v) is 18.4. The third-order valence-electron chi connectivity index (χ3n) is 4.43. The van der Waals surface area contributed by atoms with Crippen molar-refractivity contribution in [3.63, 3.8) is 0 Å². The Bertz CT molecular complexity index is 979. The summed E-state index contributed by atoms with van der Waals surface area (Å²) < 4.78 is 35.0. The lowest BCUT2D eigenvalue weighted by atomic mass is 10.1. The highest BCUT2D eigenvalue weighted by Gasteiger charge is 2.16. The van der Waals surface area contributed by atoms with Crippen molar-refractivity contribution >= 4 is 33.2 Å². The van der Waals surface area contributed by atoms with Crippen LogP contribution in [0.5, 0.6) is 11.5 Å². The standard InChI is InChI=1S/C20H25ClN2O5S/c1-23(29(4,25)26)15-8-9-17(21)16(13-15)20(24)22-11-5-6-14-7-10-18(27-2)19(12-14)28-3/h7-10,12-13H,5-6,11H2,1-4H3,(H,22,24). The maximum atomic E-state index is 12.5. The molecule has 7 nitrogen and oxygen atoms in total. The molecule has 29 heavy (non-hydrogen) atoms. The van der Waals surface area contributed by atoms with E-state index >= 15 is 0 Å². The quantitative estimate of drug-likeness (QED) is 0.605. The molecule has 0 spiro atoms. The van der Waals surface area contributed by atoms with E-state index in [4.69, 9.17) is 21.1 Å². The number of nitrogens with zero attached hydrogens (tertiary/aromatic N) is 1. The number of sulfonamides is 1. The number of rotatable bonds is 9. The van der Waals surface area contributed by atoms with E-state index in [1.165, 1.54) is 19.2 Å². The number of benzene rings is 2. The van der Waals surface area contributed by atoms with Gasteiger partial charge in [0.25, 0.3) is 5.91 Å². The van der Waals surface area contributed by atoms with Crippen molar-refractivity contribution in [1.82, 2.24) is 5.32 Å². The summed E-state index contributed by atoms with van der Waals surface area (Å²) in [5, 5.41) is 3.08. The zero-order chi connectivity index (χ0) is 21.6. The van der Waals surface area contributed by atoms with Crippen LogP contribution < -0.4 is 19.1 Å². The second kappa shape index (κ2) is 9.84. The molecule has 0 aromatic heterocycles. The third kappa shape index (κ3) is 6.01. The Morgan fingerprint density at radius 3 is 2.41 bits per heavy atom. The van der Waals surface area contributed by atoms with Crippen LogP contribution in [0.1, 0.15) is 22.3 Å². The van der Waals surface area contributed by atoms with E-state index in [0.717, 1.165) is 22.5 Å². The van der Waals surface area contributed by atoms with Crippen LogP contribution in [0, 0.1) is 0 Å². The van der Waals surface area contributed by atoms with Gasteiger partial charge in [0.1, 0.15) is 0 Å². The van der Waals surface area contributed by atoms with Gasteiger partial charge in [-0.25, -0.2) is 8.42 Å². The van der Waals surface area contributed by atoms with Crippen LogP contribution in [0.4, 0.5) is 5.69 Å². The number of methoxy groups -OCH3 is 2. The van der Waals surface area contributed by atoms with Gasteiger partial charge >= 0.3 is 0 Å². The lowest BCUT2D eigenvalue weighted by Crippen LogP contribution is -2.27. The fraction of sp³-hybridized carbons (Fsp3) is 0.350. The molecule has 0 aliphatic rings. The molecule has 0 saturated carbocycles. The number of hydrogen-bond acceptors (Lipinski definition) is 5. The van der Waals surface area contributed by atoms with E-state index in [-0.39, 0.29) is 16.5 Å². The van der Waals surface area contributed by atoms with Gasteiger partial charge in [0.15, 0.2) is 11.5 Å². The van der Waals surface area contributed by atoms with Crippen molar-refractivity contribution in [3.05, 3.63) is 52.5 Å². The molecule has 0 fully saturated rings. The van der Waals surface area contributed by atoms with Crippen LogP contribution in [0.15, 0.2) is 36.4 Å². The summed E-state index contributed by atoms with van der Waals surface area (Å²) in [6, 6.07) is 10.2. The lowest BCUT2D eigenvalue weighted by molar-refractivity contribution is 0.0953. The summed E-state index contributed by atoms with van der Waals surface area (Å²) in [6.45, 7) is 0.440. The number of amides is 1. The van der Waals surface area contributed by atoms with Crippen LogP contribution in [0.25, 0.3) is 0 Å². The van der Waals surface area contributed by atoms with Crippen molar-refractivity contribution in [2.24, 2.45) is 0 Å². The largest absolute Gasteiger partial charge is 0.493 e. The topological polar surface area (TPSA) is 84.9 Å². The van der Waals surface area contributed by atoms with E-state index in [0.29, 0.717) is 30.2 Å². The number of aryl methyl sites for hydroxylation is 1. The maximum absolute atomic E-state index is 12.5. The first-order chi connectivity index (χ1) is 13.7. The average Bonchev–Trinajstić information content (AvgIpc) is 2.69. The minimum Gasteiger partial charge on any atom is -0.493 e. The highest BCUT2D eigenvalue weighted by atomic mass is 35.5. The van der Waals surface area contributed by atoms with Gasteiger partial charge in [-0.2, -0.15) is 0 Å². The smallest absolute Gasteiger partial charge is 0.252 e. The Kier molecular flexibility index (Phi) is 7.75. The average molecular weight is 441 g/mol. The van der Waals surface area contributed by atoms with Crippen molar-refractivity contribution in [1.29, 1.82) is 0 Å². The number of carbonyl (C=O) groups is 1. The van der Waals surface area contributed by atoms with Crippen molar-refractivity contribution in [2.75, 3.05) is 38.4 Å². The molecule has 0 atom stereocenters. The normalized spacial score (nSPS) is 11.1. The second-order valence-corrected chi connectivity index (χ2v) is 8.86. The summed E-state index contributed by atoms with van der Waals surface area (Å²) >= 11 is 6.13. The predicted octanol–water partition coefficient (Wildman–Crippen LogP) is 3.12. The number of nitrogens with one attached hydrogen (secondary N) is 1. The van der Waals surface area contributed by atoms with E-state index in [1.807, 2.05) is 18.2 Å². The first-order valence-electron chi connectivity index (χ1n) is 8.90. The Morgan fingerprint density at radius 1 is 1.10 bits per heavy atom. The lowest BCUT2D eigenvalue weighted by Gasteiger charge is -2.18. The van der Waals surface area contributed by atoms with Gasteiger partial charge in [-0.05, 0) is 48.7 Å². The van der Waals surface area contributed by atoms with Crippen LogP contribution in [-0.2, 0) is 16.4 Å². The fourth-order valence-electron chi connectivity index (χ4n) is 2.70. The molecule has 1 N–H and O–H groups in total. The van der Waals surface area contributed by atoms with Crippen LogP contribution in [-0.4, -0.2) is 48.4 Å². The summed E-state index contributed by atoms with van der Waals surface area (Å²) in [7, 11) is 1.15. The molecular formula is C20H25ClN2O5S. The SMILES string of the molecule is COc1ccc(CCCNC(=O)c2cc(N(C)S(C)(=O)=O)ccc2Cl)cc1OC. The molecule has 0 radical (unpaired) electrons. The minimum absolute atomic E-state index is 0.228. The summed E-state index contributed by atoms with van der Waals surface area (Å²) in [5.41, 5.74) is 1.66. The second-order valence-electron chi connectivity index (χ2n) is 6.44. The van der Waals surface area contributed by atoms with Crippen molar-refractivity contribution in [3.8, 4) is 11.5 Å². The van der Waals surface area contributed by atoms with Crippen LogP contribution in [0.3, 0.4) is 0 Å². The number of hydrogen-bond donors (Lipinski definition) is 1. The molecule has 0 unspecified atom stereocenters. The molecule has 2 aromatic rings. The Labute approximate surface area is 176 Å². The van der Waals surface area contributed by atoms with Crippen molar-refractivity contribution < 1.29 is 22.7 Å². The molecule has 2 rings (SSSR count). The molecule has 1 amide bonds. The Balaban J connectivity index is 1.98. The molecule has 0 bridgehead atoms. The first-order valence-corrected chi connectivity index (χ1v) is 11.1.